The molecule has 0 bridgehead atoms. The van der Waals surface area contributed by atoms with Crippen molar-refractivity contribution in [3.05, 3.63) is 0 Å². The molecule has 1 atom stereocenters. The van der Waals surface area contributed by atoms with Gasteiger partial charge in [0.2, 0.25) is 0 Å². The van der Waals surface area contributed by atoms with Crippen LogP contribution >= 0.6 is 12.2 Å². The number of nitrogens with two attached hydrogens (primary N) is 1. The first-order valence-corrected chi connectivity index (χ1v) is 4.30. The Kier molecular flexibility index (Phi) is 7.78. The Hall–Kier alpha value is -0.190. The van der Waals surface area contributed by atoms with E-state index in [0.717, 1.165) is 19.4 Å². The van der Waals surface area contributed by atoms with Gasteiger partial charge < -0.3 is 16.2 Å². The van der Waals surface area contributed by atoms with Crippen LogP contribution in [0.3, 0.4) is 0 Å². The summed E-state index contributed by atoms with van der Waals surface area (Å²) in [7, 11) is 0. The molecule has 0 heterocycles. The molecule has 0 unspecified atom stereocenters. The fourth-order valence-corrected chi connectivity index (χ4v) is 0.953. The first-order valence-electron chi connectivity index (χ1n) is 3.83. The third-order valence-electron chi connectivity index (χ3n) is 1.61. The molecule has 0 aliphatic rings. The molecule has 3 nitrogen and oxygen atoms in total. The van der Waals surface area contributed by atoms with E-state index in [1.54, 1.807) is 0 Å². The molecule has 0 aromatic carbocycles. The lowest BCUT2D eigenvalue weighted by Crippen LogP contribution is -2.20. The van der Waals surface area contributed by atoms with Crippen LogP contribution in [0.1, 0.15) is 12.8 Å². The van der Waals surface area contributed by atoms with E-state index in [2.05, 4.69) is 17.5 Å². The number of hydrogen-bond donors (Lipinski definition) is 3. The minimum Gasteiger partial charge on any atom is -0.396 e. The highest BCUT2D eigenvalue weighted by molar-refractivity contribution is 7.78. The van der Waals surface area contributed by atoms with Crippen LogP contribution in [0.2, 0.25) is 0 Å². The van der Waals surface area contributed by atoms with Gasteiger partial charge in [-0.2, -0.15) is 0 Å². The number of aliphatic hydroxyl groups excluding tert-OH is 1. The zero-order valence-electron chi connectivity index (χ0n) is 6.62. The third kappa shape index (κ3) is 6.22. The summed E-state index contributed by atoms with van der Waals surface area (Å²) in [5, 5.41) is 11.7. The number of nitrogens with one attached hydrogen (secondary N) is 1. The van der Waals surface area contributed by atoms with Crippen molar-refractivity contribution in [2.45, 2.75) is 12.8 Å². The van der Waals surface area contributed by atoms with Crippen LogP contribution in [-0.4, -0.2) is 30.3 Å². The van der Waals surface area contributed by atoms with E-state index in [9.17, 15) is 0 Å². The zero-order chi connectivity index (χ0) is 8.53. The fourth-order valence-electron chi connectivity index (χ4n) is 0.835. The molecule has 11 heavy (non-hydrogen) atoms. The van der Waals surface area contributed by atoms with Crippen molar-refractivity contribution >= 4 is 17.7 Å². The number of rotatable bonds is 7. The molecule has 0 radical (unpaired) electrons. The van der Waals surface area contributed by atoms with Crippen LogP contribution in [0.25, 0.3) is 0 Å². The maximum absolute atomic E-state index is 8.75. The lowest BCUT2D eigenvalue weighted by atomic mass is 10.1. The van der Waals surface area contributed by atoms with Gasteiger partial charge in [0, 0.05) is 13.2 Å². The zero-order valence-corrected chi connectivity index (χ0v) is 7.44. The second kappa shape index (κ2) is 7.91. The van der Waals surface area contributed by atoms with Crippen molar-refractivity contribution < 1.29 is 5.11 Å². The molecule has 0 aliphatic carbocycles. The second-order valence-corrected chi connectivity index (χ2v) is 2.73. The molecule has 0 saturated carbocycles. The molecule has 0 aromatic rings. The number of hydrogen-bond acceptors (Lipinski definition) is 3. The second-order valence-electron chi connectivity index (χ2n) is 2.50. The lowest BCUT2D eigenvalue weighted by Gasteiger charge is -2.09. The van der Waals surface area contributed by atoms with Crippen molar-refractivity contribution in [2.24, 2.45) is 11.7 Å². The normalized spacial score (nSPS) is 12.5. The highest BCUT2D eigenvalue weighted by atomic mass is 32.1. The average Bonchev–Trinajstić information content (AvgIpc) is 2.05. The van der Waals surface area contributed by atoms with Gasteiger partial charge in [0.25, 0.3) is 0 Å². The Morgan fingerprint density at radius 3 is 2.82 bits per heavy atom. The van der Waals surface area contributed by atoms with Crippen molar-refractivity contribution in [3.8, 4) is 0 Å². The molecule has 4 heteroatoms. The van der Waals surface area contributed by atoms with Gasteiger partial charge in [0.1, 0.15) is 0 Å². The van der Waals surface area contributed by atoms with Crippen LogP contribution in [0.5, 0.6) is 0 Å². The van der Waals surface area contributed by atoms with Gasteiger partial charge in [-0.25, -0.2) is 0 Å². The summed E-state index contributed by atoms with van der Waals surface area (Å²) in [6, 6.07) is 0. The van der Waals surface area contributed by atoms with Gasteiger partial charge in [-0.05, 0) is 25.3 Å². The molecule has 4 N–H and O–H groups in total. The molecular weight excluding hydrogens is 160 g/mol. The summed E-state index contributed by atoms with van der Waals surface area (Å²) < 4.78 is 0. The topological polar surface area (TPSA) is 58.3 Å². The van der Waals surface area contributed by atoms with Gasteiger partial charge in [0.15, 0.2) is 0 Å². The summed E-state index contributed by atoms with van der Waals surface area (Å²) >= 11 is 4.58. The minimum absolute atomic E-state index is 0.189. The van der Waals surface area contributed by atoms with E-state index in [1.165, 1.54) is 5.49 Å². The Labute approximate surface area is 73.0 Å². The van der Waals surface area contributed by atoms with Gasteiger partial charge in [-0.15, -0.1) is 0 Å². The first-order chi connectivity index (χ1) is 5.35. The average molecular weight is 176 g/mol. The van der Waals surface area contributed by atoms with Crippen LogP contribution in [0.4, 0.5) is 0 Å². The van der Waals surface area contributed by atoms with Gasteiger partial charge in [0.05, 0.1) is 5.49 Å². The highest BCUT2D eigenvalue weighted by Gasteiger charge is 2.02. The third-order valence-corrected chi connectivity index (χ3v) is 1.78. The van der Waals surface area contributed by atoms with Gasteiger partial charge in [-0.3, -0.25) is 0 Å². The molecule has 0 aromatic heterocycles. The van der Waals surface area contributed by atoms with Crippen molar-refractivity contribution in [1.29, 1.82) is 0 Å². The molecule has 0 fully saturated rings. The molecule has 0 saturated heterocycles. The first kappa shape index (κ1) is 10.8. The highest BCUT2D eigenvalue weighted by Crippen LogP contribution is 2.01. The van der Waals surface area contributed by atoms with E-state index >= 15 is 0 Å². The lowest BCUT2D eigenvalue weighted by molar-refractivity contribution is 0.221. The summed E-state index contributed by atoms with van der Waals surface area (Å²) in [6.07, 6.45) is 1.97. The van der Waals surface area contributed by atoms with Gasteiger partial charge in [-0.1, -0.05) is 12.2 Å². The van der Waals surface area contributed by atoms with Crippen molar-refractivity contribution in [2.75, 3.05) is 19.7 Å². The molecule has 0 aliphatic heterocycles. The Balaban J connectivity index is 3.13. The maximum Gasteiger partial charge on any atom is 0.0614 e. The number of thiocarbonyl (C=S) groups is 1. The summed E-state index contributed by atoms with van der Waals surface area (Å²) in [5.74, 6) is 0.252. The standard InChI is InChI=1S/C7H16N2OS/c8-4-7(5-10)2-1-3-9-6-11/h6-7,10H,1-5,8H2,(H,9,11)/t7-/m1/s1. The van der Waals surface area contributed by atoms with E-state index < -0.39 is 0 Å². The predicted molar refractivity (Wildman–Crippen MR) is 50.5 cm³/mol. The van der Waals surface area contributed by atoms with Crippen LogP contribution < -0.4 is 11.1 Å². The summed E-state index contributed by atoms with van der Waals surface area (Å²) in [6.45, 7) is 1.63. The van der Waals surface area contributed by atoms with E-state index in [-0.39, 0.29) is 12.5 Å². The monoisotopic (exact) mass is 176 g/mol. The molecule has 0 amide bonds. The predicted octanol–water partition coefficient (Wildman–Crippen LogP) is -0.119. The molecule has 0 spiro atoms. The molecular formula is C7H16N2OS. The quantitative estimate of drug-likeness (QED) is 0.374. The van der Waals surface area contributed by atoms with Crippen LogP contribution in [-0.2, 0) is 0 Å². The van der Waals surface area contributed by atoms with Crippen molar-refractivity contribution in [3.63, 3.8) is 0 Å². The largest absolute Gasteiger partial charge is 0.396 e. The van der Waals surface area contributed by atoms with E-state index in [0.29, 0.717) is 6.54 Å². The molecule has 66 valence electrons. The maximum atomic E-state index is 8.75. The summed E-state index contributed by atoms with van der Waals surface area (Å²) in [5.41, 5.74) is 6.90. The van der Waals surface area contributed by atoms with Crippen LogP contribution in [0.15, 0.2) is 0 Å². The Morgan fingerprint density at radius 2 is 2.36 bits per heavy atom. The van der Waals surface area contributed by atoms with Gasteiger partial charge >= 0.3 is 0 Å². The minimum atomic E-state index is 0.189. The Bertz CT molecular complexity index is 96.4. The van der Waals surface area contributed by atoms with Crippen molar-refractivity contribution in [1.82, 2.24) is 5.32 Å². The fraction of sp³-hybridized carbons (Fsp3) is 0.857. The SMILES string of the molecule is NC[C@H](CO)CCCNC=S. The van der Waals surface area contributed by atoms with Crippen LogP contribution in [0, 0.1) is 5.92 Å². The van der Waals surface area contributed by atoms with E-state index in [1.807, 2.05) is 0 Å². The molecule has 0 rings (SSSR count). The smallest absolute Gasteiger partial charge is 0.0614 e. The number of aliphatic hydroxyl groups is 1. The van der Waals surface area contributed by atoms with E-state index in [4.69, 9.17) is 10.8 Å². The summed E-state index contributed by atoms with van der Waals surface area (Å²) in [4.78, 5) is 0. The Morgan fingerprint density at radius 1 is 1.64 bits per heavy atom.